The van der Waals surface area contributed by atoms with Crippen LogP contribution in [0.1, 0.15) is 38.7 Å². The minimum atomic E-state index is -4.50. The number of rotatable bonds is 2. The first-order valence-electron chi connectivity index (χ1n) is 10.1. The van der Waals surface area contributed by atoms with E-state index in [9.17, 15) is 18.0 Å². The zero-order valence-corrected chi connectivity index (χ0v) is 19.3. The summed E-state index contributed by atoms with van der Waals surface area (Å²) in [5, 5.41) is 0.866. The van der Waals surface area contributed by atoms with Gasteiger partial charge < -0.3 is 9.80 Å². The number of nitrogens with zero attached hydrogens (tertiary/aromatic N) is 5. The molecule has 1 amide bonds. The molecular weight excluding hydrogens is 463 g/mol. The molecule has 170 valence electrons. The molecule has 1 saturated heterocycles. The quantitative estimate of drug-likeness (QED) is 0.511. The fraction of sp³-hybridized carbons (Fsp3) is 0.429. The Hall–Kier alpha value is -2.46. The summed E-state index contributed by atoms with van der Waals surface area (Å²) >= 11 is 7.48. The minimum absolute atomic E-state index is 0.0515. The van der Waals surface area contributed by atoms with E-state index in [-0.39, 0.29) is 10.9 Å². The maximum absolute atomic E-state index is 13.3. The van der Waals surface area contributed by atoms with E-state index in [2.05, 4.69) is 15.0 Å². The smallest absolute Gasteiger partial charge is 0.354 e. The van der Waals surface area contributed by atoms with E-state index in [4.69, 9.17) is 11.6 Å². The highest BCUT2D eigenvalue weighted by Crippen LogP contribution is 2.35. The van der Waals surface area contributed by atoms with Crippen molar-refractivity contribution < 1.29 is 18.0 Å². The van der Waals surface area contributed by atoms with Gasteiger partial charge in [-0.25, -0.2) is 15.0 Å². The lowest BCUT2D eigenvalue weighted by molar-refractivity contribution is -0.137. The van der Waals surface area contributed by atoms with Crippen LogP contribution >= 0.6 is 22.9 Å². The van der Waals surface area contributed by atoms with Gasteiger partial charge in [0.1, 0.15) is 16.5 Å². The molecule has 0 N–H and O–H groups in total. The largest absolute Gasteiger partial charge is 0.417 e. The SMILES string of the molecule is Cc1nc(C)c2c(C)c(C(=O)N3CCCN(c4ncc(C(F)(F)F)cc4Cl)CC3)sc2n1. The number of fused-ring (bicyclic) bond motifs is 1. The van der Waals surface area contributed by atoms with Crippen LogP contribution in [0.25, 0.3) is 10.2 Å². The molecule has 0 unspecified atom stereocenters. The molecule has 0 aliphatic carbocycles. The number of halogens is 4. The average molecular weight is 484 g/mol. The van der Waals surface area contributed by atoms with E-state index in [1.165, 1.54) is 11.3 Å². The fourth-order valence-corrected chi connectivity index (χ4v) is 5.50. The Balaban J connectivity index is 1.54. The van der Waals surface area contributed by atoms with Crippen LogP contribution in [0.4, 0.5) is 19.0 Å². The second-order valence-electron chi connectivity index (χ2n) is 7.75. The Labute approximate surface area is 192 Å². The summed E-state index contributed by atoms with van der Waals surface area (Å²) < 4.78 is 38.7. The van der Waals surface area contributed by atoms with Gasteiger partial charge in [-0.2, -0.15) is 13.2 Å². The molecule has 3 aromatic heterocycles. The second-order valence-corrected chi connectivity index (χ2v) is 9.16. The second kappa shape index (κ2) is 8.47. The van der Waals surface area contributed by atoms with Gasteiger partial charge >= 0.3 is 6.18 Å². The summed E-state index contributed by atoms with van der Waals surface area (Å²) in [6.45, 7) is 7.55. The molecule has 3 aromatic rings. The highest BCUT2D eigenvalue weighted by atomic mass is 35.5. The van der Waals surface area contributed by atoms with E-state index >= 15 is 0 Å². The van der Waals surface area contributed by atoms with Crippen molar-refractivity contribution in [2.24, 2.45) is 0 Å². The summed E-state index contributed by atoms with van der Waals surface area (Å²) in [6.07, 6.45) is -3.06. The first kappa shape index (κ1) is 22.7. The van der Waals surface area contributed by atoms with Crippen molar-refractivity contribution in [1.29, 1.82) is 0 Å². The van der Waals surface area contributed by atoms with Gasteiger partial charge in [-0.3, -0.25) is 4.79 Å². The lowest BCUT2D eigenvalue weighted by Crippen LogP contribution is -2.35. The lowest BCUT2D eigenvalue weighted by Gasteiger charge is -2.24. The molecule has 0 aromatic carbocycles. The first-order valence-corrected chi connectivity index (χ1v) is 11.3. The molecule has 1 aliphatic rings. The molecule has 0 radical (unpaired) electrons. The standard InChI is InChI=1S/C21H21ClF3N5OS/c1-11-16-12(2)27-13(3)28-19(16)32-17(11)20(31)30-6-4-5-29(7-8-30)18-15(22)9-14(10-26-18)21(23,24)25/h9-10H,4-8H2,1-3H3. The van der Waals surface area contributed by atoms with Gasteiger partial charge in [0.2, 0.25) is 0 Å². The minimum Gasteiger partial charge on any atom is -0.354 e. The van der Waals surface area contributed by atoms with Crippen molar-refractivity contribution in [2.45, 2.75) is 33.4 Å². The van der Waals surface area contributed by atoms with Crippen molar-refractivity contribution in [3.05, 3.63) is 44.8 Å². The predicted molar refractivity (Wildman–Crippen MR) is 119 cm³/mol. The number of carbonyl (C=O) groups is 1. The van der Waals surface area contributed by atoms with Gasteiger partial charge in [-0.1, -0.05) is 11.6 Å². The summed E-state index contributed by atoms with van der Waals surface area (Å²) in [6, 6.07) is 0.892. The van der Waals surface area contributed by atoms with E-state index in [0.717, 1.165) is 33.7 Å². The number of carbonyl (C=O) groups excluding carboxylic acids is 1. The Morgan fingerprint density at radius 3 is 2.56 bits per heavy atom. The molecule has 4 heterocycles. The van der Waals surface area contributed by atoms with Crippen LogP contribution < -0.4 is 4.90 Å². The van der Waals surface area contributed by atoms with Crippen molar-refractivity contribution in [2.75, 3.05) is 31.1 Å². The number of hydrogen-bond donors (Lipinski definition) is 0. The Kier molecular flexibility index (Phi) is 6.02. The van der Waals surface area contributed by atoms with Crippen LogP contribution in [-0.4, -0.2) is 51.9 Å². The van der Waals surface area contributed by atoms with Gasteiger partial charge in [0, 0.05) is 43.5 Å². The average Bonchev–Trinajstić information content (AvgIpc) is 2.88. The van der Waals surface area contributed by atoms with E-state index in [1.807, 2.05) is 25.7 Å². The zero-order chi connectivity index (χ0) is 23.2. The number of anilines is 1. The van der Waals surface area contributed by atoms with Crippen molar-refractivity contribution in [3.8, 4) is 0 Å². The van der Waals surface area contributed by atoms with Gasteiger partial charge in [0.15, 0.2) is 0 Å². The molecule has 0 spiro atoms. The van der Waals surface area contributed by atoms with Crippen LogP contribution in [0, 0.1) is 20.8 Å². The van der Waals surface area contributed by atoms with Gasteiger partial charge in [-0.15, -0.1) is 11.3 Å². The van der Waals surface area contributed by atoms with Crippen LogP contribution in [0.15, 0.2) is 12.3 Å². The van der Waals surface area contributed by atoms with E-state index in [1.54, 1.807) is 4.90 Å². The molecule has 4 rings (SSSR count). The van der Waals surface area contributed by atoms with Crippen molar-refractivity contribution >= 4 is 44.9 Å². The van der Waals surface area contributed by atoms with Crippen LogP contribution in [0.5, 0.6) is 0 Å². The molecular formula is C21H21ClF3N5OS. The number of aromatic nitrogens is 3. The summed E-state index contributed by atoms with van der Waals surface area (Å²) in [5.74, 6) is 0.894. The lowest BCUT2D eigenvalue weighted by atomic mass is 10.1. The van der Waals surface area contributed by atoms with E-state index < -0.39 is 11.7 Å². The van der Waals surface area contributed by atoms with Gasteiger partial charge in [-0.05, 0) is 38.8 Å². The number of alkyl halides is 3. The third kappa shape index (κ3) is 4.25. The van der Waals surface area contributed by atoms with Crippen LogP contribution in [0.3, 0.4) is 0 Å². The summed E-state index contributed by atoms with van der Waals surface area (Å²) in [4.78, 5) is 31.2. The number of amides is 1. The van der Waals surface area contributed by atoms with Gasteiger partial charge in [0.05, 0.1) is 15.5 Å². The Bertz CT molecular complexity index is 1200. The van der Waals surface area contributed by atoms with Crippen molar-refractivity contribution in [3.63, 3.8) is 0 Å². The number of thiophene rings is 1. The number of hydrogen-bond acceptors (Lipinski definition) is 6. The molecule has 0 bridgehead atoms. The normalized spacial score (nSPS) is 15.3. The molecule has 32 heavy (non-hydrogen) atoms. The molecule has 1 aliphatic heterocycles. The maximum atomic E-state index is 13.3. The third-order valence-corrected chi connectivity index (χ3v) is 6.96. The number of aryl methyl sites for hydroxylation is 3. The van der Waals surface area contributed by atoms with Gasteiger partial charge in [0.25, 0.3) is 5.91 Å². The predicted octanol–water partition coefficient (Wildman–Crippen LogP) is 5.04. The monoisotopic (exact) mass is 483 g/mol. The van der Waals surface area contributed by atoms with E-state index in [0.29, 0.717) is 49.1 Å². The Morgan fingerprint density at radius 2 is 1.88 bits per heavy atom. The highest BCUT2D eigenvalue weighted by molar-refractivity contribution is 7.20. The van der Waals surface area contributed by atoms with Crippen LogP contribution in [-0.2, 0) is 6.18 Å². The molecule has 6 nitrogen and oxygen atoms in total. The highest BCUT2D eigenvalue weighted by Gasteiger charge is 2.32. The molecule has 0 atom stereocenters. The third-order valence-electron chi connectivity index (χ3n) is 5.51. The topological polar surface area (TPSA) is 62.2 Å². The number of pyridine rings is 1. The molecule has 0 saturated carbocycles. The van der Waals surface area contributed by atoms with Crippen LogP contribution in [0.2, 0.25) is 5.02 Å². The first-order chi connectivity index (χ1) is 15.1. The summed E-state index contributed by atoms with van der Waals surface area (Å²) in [7, 11) is 0. The summed E-state index contributed by atoms with van der Waals surface area (Å²) in [5.41, 5.74) is 0.846. The Morgan fingerprint density at radius 1 is 1.12 bits per heavy atom. The molecule has 11 heteroatoms. The zero-order valence-electron chi connectivity index (χ0n) is 17.8. The fourth-order valence-electron chi connectivity index (χ4n) is 3.97. The maximum Gasteiger partial charge on any atom is 0.417 e. The molecule has 1 fully saturated rings. The van der Waals surface area contributed by atoms with Crippen molar-refractivity contribution in [1.82, 2.24) is 19.9 Å².